The highest BCUT2D eigenvalue weighted by molar-refractivity contribution is 7.22. The number of methoxy groups -OCH3 is 1. The molecule has 1 aliphatic rings. The zero-order valence-electron chi connectivity index (χ0n) is 17.3. The molecule has 0 bridgehead atoms. The fourth-order valence-corrected chi connectivity index (χ4v) is 5.35. The number of nitrogens with zero attached hydrogens (tertiary/aromatic N) is 5. The van der Waals surface area contributed by atoms with Crippen LogP contribution in [0.3, 0.4) is 0 Å². The molecule has 1 aromatic carbocycles. The maximum Gasteiger partial charge on any atom is 0.246 e. The maximum atomic E-state index is 12.0. The van der Waals surface area contributed by atoms with E-state index >= 15 is 0 Å². The lowest BCUT2D eigenvalue weighted by Crippen LogP contribution is -2.27. The number of likely N-dealkylation sites (tertiary alicyclic amines) is 1. The second-order valence-electron chi connectivity index (χ2n) is 7.68. The third kappa shape index (κ3) is 3.12. The highest BCUT2D eigenvalue weighted by Crippen LogP contribution is 2.42. The van der Waals surface area contributed by atoms with Gasteiger partial charge in [0.1, 0.15) is 23.6 Å². The number of aryl methyl sites for hydroxylation is 1. The van der Waals surface area contributed by atoms with E-state index in [1.165, 1.54) is 12.4 Å². The molecule has 0 radical (unpaired) electrons. The minimum absolute atomic E-state index is 0.0145. The Bertz CT molecular complexity index is 1340. The lowest BCUT2D eigenvalue weighted by atomic mass is 10.1. The summed E-state index contributed by atoms with van der Waals surface area (Å²) in [5, 5.41) is 6.77. The van der Waals surface area contributed by atoms with E-state index in [4.69, 9.17) is 15.6 Å². The number of nitrogens with two attached hydrogens (primary N) is 1. The van der Waals surface area contributed by atoms with Crippen LogP contribution in [0, 0.1) is 6.92 Å². The predicted molar refractivity (Wildman–Crippen MR) is 122 cm³/mol. The van der Waals surface area contributed by atoms with Crippen LogP contribution in [-0.4, -0.2) is 50.8 Å². The molecule has 5 rings (SSSR count). The first-order valence-corrected chi connectivity index (χ1v) is 10.8. The fourth-order valence-electron chi connectivity index (χ4n) is 4.23. The van der Waals surface area contributed by atoms with Crippen LogP contribution in [0.2, 0.25) is 0 Å². The monoisotopic (exact) mass is 434 g/mol. The molecule has 9 heteroatoms. The number of rotatable bonds is 4. The van der Waals surface area contributed by atoms with E-state index in [0.717, 1.165) is 43.8 Å². The van der Waals surface area contributed by atoms with E-state index in [1.54, 1.807) is 23.3 Å². The molecule has 4 heterocycles. The summed E-state index contributed by atoms with van der Waals surface area (Å²) >= 11 is 1.61. The van der Waals surface area contributed by atoms with Gasteiger partial charge in [-0.15, -0.1) is 11.3 Å². The van der Waals surface area contributed by atoms with Crippen LogP contribution >= 0.6 is 11.3 Å². The lowest BCUT2D eigenvalue weighted by molar-refractivity contribution is -0.125. The minimum Gasteiger partial charge on any atom is -0.495 e. The summed E-state index contributed by atoms with van der Waals surface area (Å²) in [6.45, 7) is 6.86. The number of nitrogen functional groups attached to an aromatic ring is 1. The molecule has 4 aromatic rings. The van der Waals surface area contributed by atoms with Gasteiger partial charge in [0.05, 0.1) is 28.1 Å². The second-order valence-corrected chi connectivity index (χ2v) is 8.73. The minimum atomic E-state index is -0.0692. The number of ether oxygens (including phenoxy) is 1. The van der Waals surface area contributed by atoms with E-state index in [0.29, 0.717) is 24.6 Å². The largest absolute Gasteiger partial charge is 0.495 e. The normalized spacial score (nSPS) is 16.3. The molecule has 0 spiro atoms. The van der Waals surface area contributed by atoms with E-state index < -0.39 is 0 Å². The maximum absolute atomic E-state index is 12.0. The van der Waals surface area contributed by atoms with Crippen LogP contribution in [0.1, 0.15) is 18.0 Å². The molecule has 0 saturated carbocycles. The number of hydrogen-bond donors (Lipinski definition) is 1. The molecule has 1 atom stereocenters. The summed E-state index contributed by atoms with van der Waals surface area (Å²) < 4.78 is 8.54. The van der Waals surface area contributed by atoms with Crippen molar-refractivity contribution in [1.82, 2.24) is 24.6 Å². The number of thiophene rings is 1. The average molecular weight is 435 g/mol. The van der Waals surface area contributed by atoms with Gasteiger partial charge in [-0.25, -0.2) is 14.6 Å². The number of anilines is 1. The van der Waals surface area contributed by atoms with Crippen molar-refractivity contribution in [3.8, 4) is 16.3 Å². The van der Waals surface area contributed by atoms with Crippen LogP contribution in [0.4, 0.5) is 5.82 Å². The molecule has 0 unspecified atom stereocenters. The predicted octanol–water partition coefficient (Wildman–Crippen LogP) is 3.57. The zero-order valence-corrected chi connectivity index (χ0v) is 18.1. The van der Waals surface area contributed by atoms with Crippen molar-refractivity contribution in [2.45, 2.75) is 19.4 Å². The fraction of sp³-hybridized carbons (Fsp3) is 0.273. The molecule has 3 aromatic heterocycles. The molecule has 158 valence electrons. The number of fused-ring (bicyclic) bond motifs is 2. The molecule has 2 N–H and O–H groups in total. The molecule has 8 nitrogen and oxygen atoms in total. The summed E-state index contributed by atoms with van der Waals surface area (Å²) in [7, 11) is 1.68. The van der Waals surface area contributed by atoms with Gasteiger partial charge < -0.3 is 15.4 Å². The summed E-state index contributed by atoms with van der Waals surface area (Å²) in [6, 6.07) is 6.28. The Balaban J connectivity index is 1.66. The zero-order chi connectivity index (χ0) is 21.7. The standard InChI is InChI=1S/C22H22N6O2S/c1-4-17(29)27-6-5-14(10-27)28-22-18(21(23)24-11-25-22)19(26-28)16-9-13-7-12(2)8-15(30-3)20(13)31-16/h4,7-9,11,14H,1,5-6,10H2,2-3H3,(H2,23,24,25)/t14-/m0/s1. The number of benzene rings is 1. The molecule has 31 heavy (non-hydrogen) atoms. The van der Waals surface area contributed by atoms with Gasteiger partial charge in [-0.05, 0) is 42.5 Å². The summed E-state index contributed by atoms with van der Waals surface area (Å²) in [4.78, 5) is 23.5. The number of aromatic nitrogens is 4. The number of hydrogen-bond acceptors (Lipinski definition) is 7. The highest BCUT2D eigenvalue weighted by Gasteiger charge is 2.30. The van der Waals surface area contributed by atoms with Gasteiger partial charge in [0, 0.05) is 13.1 Å². The SMILES string of the molecule is C=CC(=O)N1CC[C@H](n2nc(-c3cc4cc(C)cc(OC)c4s3)c3c(N)ncnc32)C1. The van der Waals surface area contributed by atoms with Crippen LogP contribution in [-0.2, 0) is 4.79 Å². The van der Waals surface area contributed by atoms with Gasteiger partial charge in [0.2, 0.25) is 5.91 Å². The van der Waals surface area contributed by atoms with Crippen molar-refractivity contribution < 1.29 is 9.53 Å². The Labute approximate surface area is 183 Å². The second kappa shape index (κ2) is 7.35. The summed E-state index contributed by atoms with van der Waals surface area (Å²) in [5.74, 6) is 1.16. The Morgan fingerprint density at radius 1 is 1.35 bits per heavy atom. The van der Waals surface area contributed by atoms with Crippen LogP contribution in [0.15, 0.2) is 37.2 Å². The van der Waals surface area contributed by atoms with Gasteiger partial charge in [-0.2, -0.15) is 5.10 Å². The van der Waals surface area contributed by atoms with Gasteiger partial charge in [-0.3, -0.25) is 4.79 Å². The average Bonchev–Trinajstić information content (AvgIpc) is 3.48. The third-order valence-electron chi connectivity index (χ3n) is 5.69. The lowest BCUT2D eigenvalue weighted by Gasteiger charge is -2.14. The summed E-state index contributed by atoms with van der Waals surface area (Å²) in [6.07, 6.45) is 3.60. The third-order valence-corrected chi connectivity index (χ3v) is 6.87. The van der Waals surface area contributed by atoms with Gasteiger partial charge in [0.25, 0.3) is 0 Å². The Morgan fingerprint density at radius 3 is 2.97 bits per heavy atom. The van der Waals surface area contributed by atoms with Crippen molar-refractivity contribution in [2.24, 2.45) is 0 Å². The van der Waals surface area contributed by atoms with Gasteiger partial charge >= 0.3 is 0 Å². The van der Waals surface area contributed by atoms with Gasteiger partial charge in [0.15, 0.2) is 5.65 Å². The Kier molecular flexibility index (Phi) is 4.62. The molecule has 1 fully saturated rings. The molecule has 1 aliphatic heterocycles. The van der Waals surface area contributed by atoms with E-state index in [1.807, 2.05) is 17.7 Å². The van der Waals surface area contributed by atoms with Crippen molar-refractivity contribution in [3.05, 3.63) is 42.7 Å². The van der Waals surface area contributed by atoms with Gasteiger partial charge in [-0.1, -0.05) is 12.6 Å². The Hall–Kier alpha value is -3.46. The van der Waals surface area contributed by atoms with E-state index in [2.05, 4.69) is 28.7 Å². The van der Waals surface area contributed by atoms with Crippen molar-refractivity contribution >= 4 is 44.2 Å². The first-order chi connectivity index (χ1) is 15.0. The van der Waals surface area contributed by atoms with Crippen molar-refractivity contribution in [1.29, 1.82) is 0 Å². The van der Waals surface area contributed by atoms with Crippen LogP contribution in [0.5, 0.6) is 5.75 Å². The molecule has 1 saturated heterocycles. The van der Waals surface area contributed by atoms with Crippen LogP contribution in [0.25, 0.3) is 31.7 Å². The van der Waals surface area contributed by atoms with Crippen LogP contribution < -0.4 is 10.5 Å². The van der Waals surface area contributed by atoms with E-state index in [9.17, 15) is 4.79 Å². The molecular weight excluding hydrogens is 412 g/mol. The quantitative estimate of drug-likeness (QED) is 0.493. The topological polar surface area (TPSA) is 99.2 Å². The molecule has 0 aliphatic carbocycles. The highest BCUT2D eigenvalue weighted by atomic mass is 32.1. The number of amides is 1. The Morgan fingerprint density at radius 2 is 2.19 bits per heavy atom. The molecule has 1 amide bonds. The molecular formula is C22H22N6O2S. The first-order valence-electron chi connectivity index (χ1n) is 9.98. The smallest absolute Gasteiger partial charge is 0.246 e. The van der Waals surface area contributed by atoms with E-state index in [-0.39, 0.29) is 11.9 Å². The van der Waals surface area contributed by atoms with Crippen molar-refractivity contribution in [2.75, 3.05) is 25.9 Å². The number of carbonyl (C=O) groups is 1. The van der Waals surface area contributed by atoms with Crippen molar-refractivity contribution in [3.63, 3.8) is 0 Å². The number of carbonyl (C=O) groups excluding carboxylic acids is 1. The summed E-state index contributed by atoms with van der Waals surface area (Å²) in [5.41, 5.74) is 8.84. The first kappa shape index (κ1) is 19.5.